The maximum atomic E-state index is 3.84. The fourth-order valence-electron chi connectivity index (χ4n) is 3.85. The summed E-state index contributed by atoms with van der Waals surface area (Å²) in [6.07, 6.45) is 8.27. The maximum absolute atomic E-state index is 3.84. The molecule has 118 valence electrons. The predicted octanol–water partition coefficient (Wildman–Crippen LogP) is 2.71. The van der Waals surface area contributed by atoms with Crippen molar-refractivity contribution >= 4 is 0 Å². The minimum atomic E-state index is 0.319. The Kier molecular flexibility index (Phi) is 5.88. The van der Waals surface area contributed by atoms with Gasteiger partial charge in [-0.25, -0.2) is 0 Å². The van der Waals surface area contributed by atoms with Crippen LogP contribution in [0, 0.1) is 0 Å². The Hall–Kier alpha value is -0.120. The van der Waals surface area contributed by atoms with Gasteiger partial charge in [-0.2, -0.15) is 0 Å². The molecule has 1 N–H and O–H groups in total. The van der Waals surface area contributed by atoms with Crippen molar-refractivity contribution in [3.63, 3.8) is 0 Å². The average molecular weight is 281 g/mol. The summed E-state index contributed by atoms with van der Waals surface area (Å²) in [6, 6.07) is 1.48. The molecule has 0 amide bonds. The second-order valence-electron chi connectivity index (χ2n) is 7.47. The first kappa shape index (κ1) is 16.3. The van der Waals surface area contributed by atoms with Crippen LogP contribution < -0.4 is 5.32 Å². The first-order chi connectivity index (χ1) is 9.54. The molecule has 2 atom stereocenters. The molecule has 2 rings (SSSR count). The van der Waals surface area contributed by atoms with Gasteiger partial charge in [0.25, 0.3) is 0 Å². The number of nitrogens with zero attached hydrogens (tertiary/aromatic N) is 2. The lowest BCUT2D eigenvalue weighted by atomic mass is 9.94. The van der Waals surface area contributed by atoms with Crippen molar-refractivity contribution < 1.29 is 0 Å². The molecule has 2 aliphatic rings. The van der Waals surface area contributed by atoms with Crippen LogP contribution in [-0.2, 0) is 0 Å². The van der Waals surface area contributed by atoms with Crippen LogP contribution in [0.2, 0.25) is 0 Å². The van der Waals surface area contributed by atoms with Gasteiger partial charge in [-0.3, -0.25) is 9.80 Å². The summed E-state index contributed by atoms with van der Waals surface area (Å²) in [6.45, 7) is 11.9. The molecule has 1 aliphatic carbocycles. The number of hydrogen-bond donors (Lipinski definition) is 1. The average Bonchev–Trinajstić information content (AvgIpc) is 2.65. The Balaban J connectivity index is 2.02. The van der Waals surface area contributed by atoms with E-state index in [2.05, 4.69) is 42.9 Å². The number of likely N-dealkylation sites (N-methyl/N-ethyl adjacent to an activating group) is 1. The molecule has 0 aromatic rings. The highest BCUT2D eigenvalue weighted by Gasteiger charge is 2.36. The number of hydrogen-bond acceptors (Lipinski definition) is 3. The Morgan fingerprint density at radius 1 is 1.10 bits per heavy atom. The zero-order valence-corrected chi connectivity index (χ0v) is 14.1. The van der Waals surface area contributed by atoms with E-state index < -0.39 is 0 Å². The van der Waals surface area contributed by atoms with Gasteiger partial charge < -0.3 is 5.32 Å². The monoisotopic (exact) mass is 281 g/mol. The molecule has 0 aromatic heterocycles. The standard InChI is InChI=1S/C17H35N3/c1-5-11-18-15-9-7-6-8-10-16(15)20-13-12-19(4)17(2,3)14-20/h15-16,18H,5-14H2,1-4H3. The van der Waals surface area contributed by atoms with Crippen molar-refractivity contribution in [1.82, 2.24) is 15.1 Å². The number of piperazine rings is 1. The van der Waals surface area contributed by atoms with E-state index in [4.69, 9.17) is 0 Å². The smallest absolute Gasteiger partial charge is 0.0277 e. The van der Waals surface area contributed by atoms with Gasteiger partial charge in [0.15, 0.2) is 0 Å². The van der Waals surface area contributed by atoms with Crippen LogP contribution in [0.15, 0.2) is 0 Å². The van der Waals surface area contributed by atoms with Gasteiger partial charge in [0.1, 0.15) is 0 Å². The first-order valence-electron chi connectivity index (χ1n) is 8.73. The van der Waals surface area contributed by atoms with Gasteiger partial charge in [0.05, 0.1) is 0 Å². The van der Waals surface area contributed by atoms with Crippen molar-refractivity contribution in [3.05, 3.63) is 0 Å². The molecular weight excluding hydrogens is 246 g/mol. The van der Waals surface area contributed by atoms with Gasteiger partial charge in [-0.1, -0.05) is 26.2 Å². The predicted molar refractivity (Wildman–Crippen MR) is 87.2 cm³/mol. The van der Waals surface area contributed by atoms with Crippen LogP contribution in [0.4, 0.5) is 0 Å². The number of nitrogens with one attached hydrogen (secondary N) is 1. The fourth-order valence-corrected chi connectivity index (χ4v) is 3.85. The minimum Gasteiger partial charge on any atom is -0.312 e. The molecule has 0 bridgehead atoms. The van der Waals surface area contributed by atoms with Crippen molar-refractivity contribution in [2.45, 2.75) is 76.9 Å². The SMILES string of the molecule is CCCNC1CCCCCC1N1CCN(C)C(C)(C)C1. The summed E-state index contributed by atoms with van der Waals surface area (Å²) in [5.74, 6) is 0. The molecule has 1 saturated carbocycles. The highest BCUT2D eigenvalue weighted by Crippen LogP contribution is 2.27. The quantitative estimate of drug-likeness (QED) is 0.799. The summed E-state index contributed by atoms with van der Waals surface area (Å²) in [5.41, 5.74) is 0.319. The van der Waals surface area contributed by atoms with Gasteiger partial charge in [-0.05, 0) is 46.7 Å². The largest absolute Gasteiger partial charge is 0.312 e. The normalized spacial score (nSPS) is 33.0. The molecule has 1 aliphatic heterocycles. The molecule has 3 nitrogen and oxygen atoms in total. The maximum Gasteiger partial charge on any atom is 0.0277 e. The van der Waals surface area contributed by atoms with Gasteiger partial charge in [0, 0.05) is 37.3 Å². The van der Waals surface area contributed by atoms with E-state index >= 15 is 0 Å². The summed E-state index contributed by atoms with van der Waals surface area (Å²) >= 11 is 0. The van der Waals surface area contributed by atoms with Gasteiger partial charge in [-0.15, -0.1) is 0 Å². The first-order valence-corrected chi connectivity index (χ1v) is 8.73. The summed E-state index contributed by atoms with van der Waals surface area (Å²) in [5, 5.41) is 3.84. The zero-order valence-electron chi connectivity index (χ0n) is 14.1. The van der Waals surface area contributed by atoms with E-state index in [-0.39, 0.29) is 0 Å². The molecule has 1 saturated heterocycles. The Bertz CT molecular complexity index is 290. The fraction of sp³-hybridized carbons (Fsp3) is 1.00. The summed E-state index contributed by atoms with van der Waals surface area (Å²) in [7, 11) is 2.28. The highest BCUT2D eigenvalue weighted by atomic mass is 15.3. The molecule has 2 unspecified atom stereocenters. The Labute approximate surface area is 126 Å². The lowest BCUT2D eigenvalue weighted by molar-refractivity contribution is 0.00553. The summed E-state index contributed by atoms with van der Waals surface area (Å²) < 4.78 is 0. The lowest BCUT2D eigenvalue weighted by Gasteiger charge is -2.49. The van der Waals surface area contributed by atoms with Crippen molar-refractivity contribution in [2.24, 2.45) is 0 Å². The van der Waals surface area contributed by atoms with Crippen LogP contribution in [0.5, 0.6) is 0 Å². The van der Waals surface area contributed by atoms with E-state index in [1.54, 1.807) is 0 Å². The Morgan fingerprint density at radius 2 is 1.85 bits per heavy atom. The molecule has 2 fully saturated rings. The third-order valence-electron chi connectivity index (χ3n) is 5.45. The third kappa shape index (κ3) is 3.96. The second kappa shape index (κ2) is 7.24. The molecular formula is C17H35N3. The Morgan fingerprint density at radius 3 is 2.55 bits per heavy atom. The molecule has 20 heavy (non-hydrogen) atoms. The van der Waals surface area contributed by atoms with E-state index in [1.165, 1.54) is 64.7 Å². The summed E-state index contributed by atoms with van der Waals surface area (Å²) in [4.78, 5) is 5.31. The molecule has 0 spiro atoms. The zero-order chi connectivity index (χ0) is 14.6. The number of rotatable bonds is 4. The van der Waals surface area contributed by atoms with Crippen LogP contribution >= 0.6 is 0 Å². The van der Waals surface area contributed by atoms with Gasteiger partial charge in [0.2, 0.25) is 0 Å². The van der Waals surface area contributed by atoms with Crippen molar-refractivity contribution in [2.75, 3.05) is 33.2 Å². The molecule has 0 aromatic carbocycles. The van der Waals surface area contributed by atoms with Gasteiger partial charge >= 0.3 is 0 Å². The second-order valence-corrected chi connectivity index (χ2v) is 7.47. The van der Waals surface area contributed by atoms with Crippen LogP contribution in [-0.4, -0.2) is 60.6 Å². The van der Waals surface area contributed by atoms with Crippen molar-refractivity contribution in [1.29, 1.82) is 0 Å². The highest BCUT2D eigenvalue weighted by molar-refractivity contribution is 4.95. The van der Waals surface area contributed by atoms with E-state index in [0.29, 0.717) is 5.54 Å². The van der Waals surface area contributed by atoms with Crippen LogP contribution in [0.25, 0.3) is 0 Å². The molecule has 3 heteroatoms. The molecule has 1 heterocycles. The molecule has 0 radical (unpaired) electrons. The lowest BCUT2D eigenvalue weighted by Crippen LogP contribution is -2.62. The van der Waals surface area contributed by atoms with Crippen LogP contribution in [0.3, 0.4) is 0 Å². The van der Waals surface area contributed by atoms with E-state index in [0.717, 1.165) is 12.1 Å². The van der Waals surface area contributed by atoms with Crippen LogP contribution in [0.1, 0.15) is 59.3 Å². The third-order valence-corrected chi connectivity index (χ3v) is 5.45. The van der Waals surface area contributed by atoms with E-state index in [1.807, 2.05) is 0 Å². The van der Waals surface area contributed by atoms with E-state index in [9.17, 15) is 0 Å². The van der Waals surface area contributed by atoms with Crippen molar-refractivity contribution in [3.8, 4) is 0 Å². The topological polar surface area (TPSA) is 18.5 Å². The minimum absolute atomic E-state index is 0.319.